The Morgan fingerprint density at radius 2 is 1.41 bits per heavy atom. The van der Waals surface area contributed by atoms with Gasteiger partial charge in [-0.2, -0.15) is 0 Å². The Bertz CT molecular complexity index is 859. The number of amides is 1. The maximum Gasteiger partial charge on any atom is 0.217 e. The Morgan fingerprint density at radius 1 is 0.773 bits per heavy atom. The fourth-order valence-electron chi connectivity index (χ4n) is 5.52. The van der Waals surface area contributed by atoms with Crippen LogP contribution in [0.15, 0.2) is 0 Å². The first-order chi connectivity index (χ1) is 20.9. The average Bonchev–Trinajstić information content (AvgIpc) is 2.99. The molecule has 0 aliphatic carbocycles. The smallest absolute Gasteiger partial charge is 0.217 e. The fourth-order valence-corrected chi connectivity index (χ4v) is 5.52. The molecule has 0 radical (unpaired) electrons. The van der Waals surface area contributed by atoms with E-state index in [1.807, 2.05) is 0 Å². The van der Waals surface area contributed by atoms with Gasteiger partial charge in [-0.3, -0.25) is 4.79 Å². The van der Waals surface area contributed by atoms with Crippen LogP contribution in [0.3, 0.4) is 0 Å². The Morgan fingerprint density at radius 3 is 2.07 bits per heavy atom. The molecular formula is C28H52N2O14. The van der Waals surface area contributed by atoms with E-state index in [-0.39, 0.29) is 6.61 Å². The summed E-state index contributed by atoms with van der Waals surface area (Å²) in [7, 11) is 0. The van der Waals surface area contributed by atoms with Crippen LogP contribution in [-0.4, -0.2) is 153 Å². The standard InChI is InChI=1S/C28H52N2O14/c1-4-5-6-7-8-9-10-39-27-24(38)23(37)20(34)16(43-27)12-40-28-25(21(35)17(29)13(2)41-28)44-26-18(30-14(3)32)22(36)19(33)15(11-31)42-26/h13,15-28,31,33-38H,4-12,29H2,1-3H3,(H,30,32)/t13-,15-,16-,17-,18-,19-,20-,21+,22-,23+,24-,25+,26+,27-,28+/m1/s1. The lowest BCUT2D eigenvalue weighted by Crippen LogP contribution is -2.68. The van der Waals surface area contributed by atoms with Crippen molar-refractivity contribution in [2.75, 3.05) is 19.8 Å². The molecule has 3 saturated heterocycles. The first kappa shape index (κ1) is 37.4. The number of ether oxygens (including phenoxy) is 6. The second kappa shape index (κ2) is 17.7. The van der Waals surface area contributed by atoms with Crippen molar-refractivity contribution in [2.45, 2.75) is 151 Å². The van der Waals surface area contributed by atoms with E-state index in [1.54, 1.807) is 6.92 Å². The Labute approximate surface area is 257 Å². The van der Waals surface area contributed by atoms with Gasteiger partial charge < -0.3 is 75.2 Å². The maximum atomic E-state index is 11.8. The number of rotatable bonds is 15. The van der Waals surface area contributed by atoms with Gasteiger partial charge in [0, 0.05) is 13.5 Å². The van der Waals surface area contributed by atoms with Gasteiger partial charge in [-0.25, -0.2) is 0 Å². The lowest BCUT2D eigenvalue weighted by molar-refractivity contribution is -0.351. The predicted molar refractivity (Wildman–Crippen MR) is 151 cm³/mol. The third kappa shape index (κ3) is 9.48. The minimum atomic E-state index is -1.60. The first-order valence-corrected chi connectivity index (χ1v) is 15.5. The highest BCUT2D eigenvalue weighted by Crippen LogP contribution is 2.30. The van der Waals surface area contributed by atoms with E-state index in [1.165, 1.54) is 6.92 Å². The number of aliphatic hydroxyl groups is 7. The van der Waals surface area contributed by atoms with Crippen molar-refractivity contribution in [1.82, 2.24) is 5.32 Å². The second-order valence-corrected chi connectivity index (χ2v) is 11.8. The van der Waals surface area contributed by atoms with Gasteiger partial charge in [-0.05, 0) is 13.3 Å². The van der Waals surface area contributed by atoms with E-state index in [0.717, 1.165) is 38.5 Å². The van der Waals surface area contributed by atoms with E-state index < -0.39 is 111 Å². The minimum absolute atomic E-state index is 0.278. The quantitative estimate of drug-likeness (QED) is 0.0806. The van der Waals surface area contributed by atoms with Crippen molar-refractivity contribution < 1.29 is 69.0 Å². The van der Waals surface area contributed by atoms with E-state index in [2.05, 4.69) is 12.2 Å². The molecule has 10 N–H and O–H groups in total. The van der Waals surface area contributed by atoms with Crippen molar-refractivity contribution in [3.05, 3.63) is 0 Å². The molecule has 3 fully saturated rings. The van der Waals surface area contributed by atoms with Crippen LogP contribution >= 0.6 is 0 Å². The normalized spacial score (nSPS) is 43.1. The molecule has 3 rings (SSSR count). The highest BCUT2D eigenvalue weighted by molar-refractivity contribution is 5.73. The molecule has 0 spiro atoms. The predicted octanol–water partition coefficient (Wildman–Crippen LogP) is -3.05. The number of carbonyl (C=O) groups excluding carboxylic acids is 1. The zero-order valence-corrected chi connectivity index (χ0v) is 25.6. The number of hydrogen-bond donors (Lipinski definition) is 9. The van der Waals surface area contributed by atoms with E-state index in [4.69, 9.17) is 34.2 Å². The van der Waals surface area contributed by atoms with Crippen LogP contribution in [-0.2, 0) is 33.2 Å². The topological polar surface area (TPSA) is 252 Å². The number of nitrogens with one attached hydrogen (secondary N) is 1. The zero-order chi connectivity index (χ0) is 32.6. The van der Waals surface area contributed by atoms with Crippen LogP contribution in [0, 0.1) is 0 Å². The van der Waals surface area contributed by atoms with Gasteiger partial charge in [0.1, 0.15) is 61.0 Å². The first-order valence-electron chi connectivity index (χ1n) is 15.5. The Kier molecular flexibility index (Phi) is 15.1. The van der Waals surface area contributed by atoms with Crippen molar-refractivity contribution in [2.24, 2.45) is 5.73 Å². The average molecular weight is 641 g/mol. The second-order valence-electron chi connectivity index (χ2n) is 11.8. The lowest BCUT2D eigenvalue weighted by Gasteiger charge is -2.47. The molecule has 16 heteroatoms. The molecule has 3 aliphatic rings. The van der Waals surface area contributed by atoms with Gasteiger partial charge in [0.15, 0.2) is 18.9 Å². The van der Waals surface area contributed by atoms with Crippen molar-refractivity contribution in [3.8, 4) is 0 Å². The number of aliphatic hydroxyl groups excluding tert-OH is 7. The highest BCUT2D eigenvalue weighted by Gasteiger charge is 2.51. The number of hydrogen-bond acceptors (Lipinski definition) is 15. The van der Waals surface area contributed by atoms with Gasteiger partial charge in [0.2, 0.25) is 5.91 Å². The van der Waals surface area contributed by atoms with Crippen LogP contribution in [0.25, 0.3) is 0 Å². The van der Waals surface area contributed by atoms with Gasteiger partial charge in [-0.15, -0.1) is 0 Å². The highest BCUT2D eigenvalue weighted by atomic mass is 16.8. The van der Waals surface area contributed by atoms with Crippen molar-refractivity contribution in [1.29, 1.82) is 0 Å². The summed E-state index contributed by atoms with van der Waals surface area (Å²) < 4.78 is 34.7. The number of nitrogens with two attached hydrogens (primary N) is 1. The third-order valence-electron chi connectivity index (χ3n) is 8.31. The van der Waals surface area contributed by atoms with Crippen molar-refractivity contribution >= 4 is 5.91 Å². The monoisotopic (exact) mass is 640 g/mol. The Hall–Kier alpha value is -1.09. The van der Waals surface area contributed by atoms with Gasteiger partial charge in [-0.1, -0.05) is 39.0 Å². The number of unbranched alkanes of at least 4 members (excludes halogenated alkanes) is 5. The van der Waals surface area contributed by atoms with E-state index >= 15 is 0 Å². The van der Waals surface area contributed by atoms with Gasteiger partial charge >= 0.3 is 0 Å². The molecule has 0 saturated carbocycles. The van der Waals surface area contributed by atoms with Crippen LogP contribution in [0.2, 0.25) is 0 Å². The minimum Gasteiger partial charge on any atom is -0.394 e. The molecule has 3 aliphatic heterocycles. The summed E-state index contributed by atoms with van der Waals surface area (Å²) in [4.78, 5) is 11.8. The molecule has 0 aromatic carbocycles. The Balaban J connectivity index is 1.67. The molecule has 0 aromatic heterocycles. The maximum absolute atomic E-state index is 11.8. The largest absolute Gasteiger partial charge is 0.394 e. The van der Waals surface area contributed by atoms with Crippen molar-refractivity contribution in [3.63, 3.8) is 0 Å². The molecule has 0 unspecified atom stereocenters. The lowest BCUT2D eigenvalue weighted by atomic mass is 9.95. The molecule has 258 valence electrons. The fraction of sp³-hybridized carbons (Fsp3) is 0.964. The molecule has 0 bridgehead atoms. The molecule has 44 heavy (non-hydrogen) atoms. The number of carbonyl (C=O) groups is 1. The zero-order valence-electron chi connectivity index (χ0n) is 25.6. The summed E-state index contributed by atoms with van der Waals surface area (Å²) in [5, 5.41) is 75.5. The van der Waals surface area contributed by atoms with Crippen LogP contribution in [0.5, 0.6) is 0 Å². The summed E-state index contributed by atoms with van der Waals surface area (Å²) in [5.41, 5.74) is 6.11. The summed E-state index contributed by atoms with van der Waals surface area (Å²) >= 11 is 0. The van der Waals surface area contributed by atoms with Crippen LogP contribution in [0.4, 0.5) is 0 Å². The molecule has 3 heterocycles. The summed E-state index contributed by atoms with van der Waals surface area (Å²) in [6.45, 7) is 4.11. The molecule has 0 aromatic rings. The van der Waals surface area contributed by atoms with Gasteiger partial charge in [0.05, 0.1) is 25.4 Å². The molecular weight excluding hydrogens is 588 g/mol. The molecule has 1 amide bonds. The van der Waals surface area contributed by atoms with E-state index in [9.17, 15) is 40.5 Å². The van der Waals surface area contributed by atoms with E-state index in [0.29, 0.717) is 0 Å². The van der Waals surface area contributed by atoms with Crippen LogP contribution in [0.1, 0.15) is 59.3 Å². The summed E-state index contributed by atoms with van der Waals surface area (Å²) in [6, 6.07) is -2.27. The summed E-state index contributed by atoms with van der Waals surface area (Å²) in [6.07, 6.45) is -11.7. The SMILES string of the molecule is CCCCCCCCO[C@@H]1O[C@H](CO[C@H]2O[C@H](C)[C@@H](N)[C@H](O)[C@@H]2O[C@@H]2O[C@H](CO)[C@@H](O)[C@H](O)[C@H]2NC(C)=O)[C@@H](O)[C@H](O)[C@H]1O. The molecule has 15 atom stereocenters. The molecule has 16 nitrogen and oxygen atoms in total. The van der Waals surface area contributed by atoms with Gasteiger partial charge in [0.25, 0.3) is 0 Å². The van der Waals surface area contributed by atoms with Crippen LogP contribution < -0.4 is 11.1 Å². The third-order valence-corrected chi connectivity index (χ3v) is 8.31. The summed E-state index contributed by atoms with van der Waals surface area (Å²) in [5.74, 6) is -0.572.